The monoisotopic (exact) mass is 338 g/mol. The molecule has 0 atom stereocenters. The predicted octanol–water partition coefficient (Wildman–Crippen LogP) is 1.13. The molecule has 0 saturated carbocycles. The van der Waals surface area contributed by atoms with Crippen LogP contribution < -0.4 is 10.0 Å². The van der Waals surface area contributed by atoms with E-state index < -0.39 is 10.0 Å². The number of nitrogens with one attached hydrogen (secondary N) is 2. The number of amides is 1. The highest BCUT2D eigenvalue weighted by Crippen LogP contribution is 2.12. The van der Waals surface area contributed by atoms with Gasteiger partial charge in [0, 0.05) is 19.2 Å². The molecule has 8 heteroatoms. The largest absolute Gasteiger partial charge is 0.468 e. The van der Waals surface area contributed by atoms with E-state index in [4.69, 9.17) is 9.15 Å². The van der Waals surface area contributed by atoms with E-state index in [1.807, 2.05) is 0 Å². The Morgan fingerprint density at radius 3 is 2.78 bits per heavy atom. The SMILES string of the molecule is COCCNC(=O)c1cccc(S(=O)(=O)NCc2ccco2)c1. The van der Waals surface area contributed by atoms with Crippen molar-refractivity contribution in [3.63, 3.8) is 0 Å². The van der Waals surface area contributed by atoms with E-state index in [1.54, 1.807) is 18.2 Å². The van der Waals surface area contributed by atoms with E-state index in [-0.39, 0.29) is 22.9 Å². The zero-order chi connectivity index (χ0) is 16.7. The molecule has 0 fully saturated rings. The fourth-order valence-electron chi connectivity index (χ4n) is 1.84. The number of benzene rings is 1. The summed E-state index contributed by atoms with van der Waals surface area (Å²) in [4.78, 5) is 12.0. The second-order valence-electron chi connectivity index (χ2n) is 4.68. The lowest BCUT2D eigenvalue weighted by Gasteiger charge is -2.08. The molecule has 23 heavy (non-hydrogen) atoms. The minimum absolute atomic E-state index is 0.0171. The number of hydrogen-bond donors (Lipinski definition) is 2. The lowest BCUT2D eigenvalue weighted by Crippen LogP contribution is -2.27. The molecule has 0 unspecified atom stereocenters. The van der Waals surface area contributed by atoms with E-state index in [2.05, 4.69) is 10.0 Å². The van der Waals surface area contributed by atoms with Crippen molar-refractivity contribution in [2.45, 2.75) is 11.4 Å². The number of carbonyl (C=O) groups is 1. The second kappa shape index (κ2) is 7.91. The minimum atomic E-state index is -3.73. The second-order valence-corrected chi connectivity index (χ2v) is 6.45. The van der Waals surface area contributed by atoms with E-state index in [0.29, 0.717) is 18.9 Å². The van der Waals surface area contributed by atoms with Crippen LogP contribution in [0, 0.1) is 0 Å². The van der Waals surface area contributed by atoms with E-state index in [9.17, 15) is 13.2 Å². The standard InChI is InChI=1S/C15H18N2O5S/c1-21-9-7-16-15(18)12-4-2-6-14(10-12)23(19,20)17-11-13-5-3-8-22-13/h2-6,8,10,17H,7,9,11H2,1H3,(H,16,18). The van der Waals surface area contributed by atoms with Gasteiger partial charge in [0.15, 0.2) is 0 Å². The molecule has 1 aromatic heterocycles. The lowest BCUT2D eigenvalue weighted by molar-refractivity contribution is 0.0937. The highest BCUT2D eigenvalue weighted by molar-refractivity contribution is 7.89. The Balaban J connectivity index is 2.06. The fraction of sp³-hybridized carbons (Fsp3) is 0.267. The quantitative estimate of drug-likeness (QED) is 0.703. The topological polar surface area (TPSA) is 97.6 Å². The number of rotatable bonds is 8. The van der Waals surface area contributed by atoms with Gasteiger partial charge in [0.2, 0.25) is 10.0 Å². The third-order valence-corrected chi connectivity index (χ3v) is 4.41. The number of sulfonamides is 1. The zero-order valence-electron chi connectivity index (χ0n) is 12.6. The molecule has 1 heterocycles. The fourth-order valence-corrected chi connectivity index (χ4v) is 2.87. The number of methoxy groups -OCH3 is 1. The van der Waals surface area contributed by atoms with E-state index in [0.717, 1.165) is 0 Å². The average molecular weight is 338 g/mol. The predicted molar refractivity (Wildman–Crippen MR) is 83.4 cm³/mol. The molecule has 1 amide bonds. The first-order valence-electron chi connectivity index (χ1n) is 6.92. The molecule has 0 radical (unpaired) electrons. The van der Waals surface area contributed by atoms with Gasteiger partial charge in [-0.25, -0.2) is 13.1 Å². The summed E-state index contributed by atoms with van der Waals surface area (Å²) in [6.07, 6.45) is 1.47. The molecule has 0 aliphatic heterocycles. The summed E-state index contributed by atoms with van der Waals surface area (Å²) in [7, 11) is -2.20. The van der Waals surface area contributed by atoms with Crippen molar-refractivity contribution in [2.75, 3.05) is 20.3 Å². The van der Waals surface area contributed by atoms with Crippen molar-refractivity contribution in [2.24, 2.45) is 0 Å². The molecular formula is C15H18N2O5S. The Labute approximate surface area is 134 Å². The third-order valence-electron chi connectivity index (χ3n) is 3.01. The molecule has 2 rings (SSSR count). The summed E-state index contributed by atoms with van der Waals surface area (Å²) in [5, 5.41) is 2.64. The Hall–Kier alpha value is -2.16. The number of carbonyl (C=O) groups excluding carboxylic acids is 1. The van der Waals surface area contributed by atoms with Gasteiger partial charge >= 0.3 is 0 Å². The van der Waals surface area contributed by atoms with Gasteiger partial charge in [-0.1, -0.05) is 6.07 Å². The van der Waals surface area contributed by atoms with E-state index >= 15 is 0 Å². The summed E-state index contributed by atoms with van der Waals surface area (Å²) in [5.41, 5.74) is 0.266. The first-order valence-corrected chi connectivity index (χ1v) is 8.40. The van der Waals surface area contributed by atoms with Crippen molar-refractivity contribution in [1.82, 2.24) is 10.0 Å². The molecule has 2 aromatic rings. The maximum Gasteiger partial charge on any atom is 0.251 e. The van der Waals surface area contributed by atoms with Crippen molar-refractivity contribution in [3.8, 4) is 0 Å². The minimum Gasteiger partial charge on any atom is -0.468 e. The van der Waals surface area contributed by atoms with Crippen LogP contribution in [-0.4, -0.2) is 34.6 Å². The third kappa shape index (κ3) is 4.92. The highest BCUT2D eigenvalue weighted by atomic mass is 32.2. The Morgan fingerprint density at radius 1 is 1.26 bits per heavy atom. The molecule has 0 aliphatic rings. The van der Waals surface area contributed by atoms with Crippen molar-refractivity contribution >= 4 is 15.9 Å². The maximum absolute atomic E-state index is 12.3. The van der Waals surface area contributed by atoms with Crippen LogP contribution in [0.1, 0.15) is 16.1 Å². The van der Waals surface area contributed by atoms with Crippen LogP contribution in [0.4, 0.5) is 0 Å². The molecular weight excluding hydrogens is 320 g/mol. The van der Waals surface area contributed by atoms with Gasteiger partial charge in [0.25, 0.3) is 5.91 Å². The number of furan rings is 1. The number of ether oxygens (including phenoxy) is 1. The number of hydrogen-bond acceptors (Lipinski definition) is 5. The summed E-state index contributed by atoms with van der Waals surface area (Å²) in [5.74, 6) is 0.146. The summed E-state index contributed by atoms with van der Waals surface area (Å²) in [6.45, 7) is 0.775. The summed E-state index contributed by atoms with van der Waals surface area (Å²) in [6, 6.07) is 9.17. The van der Waals surface area contributed by atoms with Crippen LogP contribution in [0.15, 0.2) is 52.0 Å². The van der Waals surface area contributed by atoms with Crippen LogP contribution >= 0.6 is 0 Å². The normalized spacial score (nSPS) is 11.3. The molecule has 1 aromatic carbocycles. The van der Waals surface area contributed by atoms with Gasteiger partial charge in [-0.15, -0.1) is 0 Å². The van der Waals surface area contributed by atoms with Crippen molar-refractivity contribution in [1.29, 1.82) is 0 Å². The Kier molecular flexibility index (Phi) is 5.91. The van der Waals surface area contributed by atoms with Gasteiger partial charge in [-0.2, -0.15) is 0 Å². The molecule has 0 spiro atoms. The zero-order valence-corrected chi connectivity index (χ0v) is 13.4. The molecule has 0 aliphatic carbocycles. The Morgan fingerprint density at radius 2 is 2.09 bits per heavy atom. The molecule has 124 valence electrons. The van der Waals surface area contributed by atoms with Crippen molar-refractivity contribution in [3.05, 3.63) is 54.0 Å². The smallest absolute Gasteiger partial charge is 0.251 e. The average Bonchev–Trinajstić information content (AvgIpc) is 3.07. The Bertz CT molecular complexity index is 741. The highest BCUT2D eigenvalue weighted by Gasteiger charge is 2.16. The first kappa shape index (κ1) is 17.2. The van der Waals surface area contributed by atoms with Gasteiger partial charge in [-0.05, 0) is 30.3 Å². The van der Waals surface area contributed by atoms with Crippen LogP contribution in [0.2, 0.25) is 0 Å². The van der Waals surface area contributed by atoms with Gasteiger partial charge in [0.1, 0.15) is 5.76 Å². The lowest BCUT2D eigenvalue weighted by atomic mass is 10.2. The summed E-state index contributed by atoms with van der Waals surface area (Å²) < 4.78 is 36.9. The van der Waals surface area contributed by atoms with Gasteiger partial charge in [-0.3, -0.25) is 4.79 Å². The van der Waals surface area contributed by atoms with Crippen LogP contribution in [0.25, 0.3) is 0 Å². The van der Waals surface area contributed by atoms with Crippen LogP contribution in [0.5, 0.6) is 0 Å². The van der Waals surface area contributed by atoms with E-state index in [1.165, 1.54) is 31.6 Å². The molecule has 0 bridgehead atoms. The summed E-state index contributed by atoms with van der Waals surface area (Å²) >= 11 is 0. The maximum atomic E-state index is 12.3. The van der Waals surface area contributed by atoms with Crippen LogP contribution in [0.3, 0.4) is 0 Å². The van der Waals surface area contributed by atoms with Crippen molar-refractivity contribution < 1.29 is 22.4 Å². The molecule has 2 N–H and O–H groups in total. The van der Waals surface area contributed by atoms with Crippen LogP contribution in [-0.2, 0) is 21.3 Å². The van der Waals surface area contributed by atoms with Gasteiger partial charge < -0.3 is 14.5 Å². The first-order chi connectivity index (χ1) is 11.0. The molecule has 0 saturated heterocycles. The van der Waals surface area contributed by atoms with Gasteiger partial charge in [0.05, 0.1) is 24.3 Å². The molecule has 7 nitrogen and oxygen atoms in total.